The number of nitrogens with zero attached hydrogens (tertiary/aromatic N) is 1. The first-order valence-electron chi connectivity index (χ1n) is 9.71. The molecule has 1 aromatic carbocycles. The van der Waals surface area contributed by atoms with Crippen LogP contribution in [0.5, 0.6) is 0 Å². The quantitative estimate of drug-likeness (QED) is 0.762. The number of ether oxygens (including phenoxy) is 2. The Kier molecular flexibility index (Phi) is 5.71. The van der Waals surface area contributed by atoms with Crippen LogP contribution >= 0.6 is 0 Å². The predicted octanol–water partition coefficient (Wildman–Crippen LogP) is 4.04. The SMILES string of the molecule is C[C@@H](CC(=O)OC(C)(C)C)C1=C(N2CCOCC2)c2ccccc2CC1. The Hall–Kier alpha value is -1.81. The molecule has 0 N–H and O–H groups in total. The molecule has 1 aliphatic heterocycles. The van der Waals surface area contributed by atoms with Crippen molar-refractivity contribution in [3.8, 4) is 0 Å². The van der Waals surface area contributed by atoms with Crippen molar-refractivity contribution in [2.75, 3.05) is 26.3 Å². The zero-order valence-electron chi connectivity index (χ0n) is 16.5. The molecule has 0 bridgehead atoms. The van der Waals surface area contributed by atoms with Crippen LogP contribution < -0.4 is 0 Å². The van der Waals surface area contributed by atoms with E-state index in [1.165, 1.54) is 22.4 Å². The number of morpholine rings is 1. The van der Waals surface area contributed by atoms with Crippen LogP contribution in [-0.4, -0.2) is 42.8 Å². The smallest absolute Gasteiger partial charge is 0.306 e. The fraction of sp³-hybridized carbons (Fsp3) is 0.591. The number of hydrogen-bond acceptors (Lipinski definition) is 4. The number of allylic oxidation sites excluding steroid dienone is 1. The Balaban J connectivity index is 1.89. The second-order valence-corrected chi connectivity index (χ2v) is 8.32. The Morgan fingerprint density at radius 3 is 2.58 bits per heavy atom. The minimum Gasteiger partial charge on any atom is -0.460 e. The van der Waals surface area contributed by atoms with E-state index in [-0.39, 0.29) is 11.9 Å². The minimum absolute atomic E-state index is 0.113. The van der Waals surface area contributed by atoms with Crippen molar-refractivity contribution >= 4 is 11.7 Å². The molecule has 1 heterocycles. The number of benzene rings is 1. The summed E-state index contributed by atoms with van der Waals surface area (Å²) in [7, 11) is 0. The van der Waals surface area contributed by atoms with E-state index in [0.717, 1.165) is 39.1 Å². The van der Waals surface area contributed by atoms with Gasteiger partial charge in [0.2, 0.25) is 0 Å². The van der Waals surface area contributed by atoms with Crippen molar-refractivity contribution in [1.82, 2.24) is 4.90 Å². The van der Waals surface area contributed by atoms with E-state index in [0.29, 0.717) is 6.42 Å². The average Bonchev–Trinajstić information content (AvgIpc) is 2.59. The molecule has 1 saturated heterocycles. The van der Waals surface area contributed by atoms with Crippen molar-refractivity contribution in [2.45, 2.75) is 52.6 Å². The number of aryl methyl sites for hydroxylation is 1. The third kappa shape index (κ3) is 4.47. The van der Waals surface area contributed by atoms with E-state index >= 15 is 0 Å². The van der Waals surface area contributed by atoms with E-state index in [1.54, 1.807) is 0 Å². The number of rotatable bonds is 4. The molecular formula is C22H31NO3. The first kappa shape index (κ1) is 19.0. The molecule has 1 atom stereocenters. The lowest BCUT2D eigenvalue weighted by atomic mass is 9.82. The van der Waals surface area contributed by atoms with Crippen LogP contribution in [0.2, 0.25) is 0 Å². The molecule has 3 rings (SSSR count). The summed E-state index contributed by atoms with van der Waals surface area (Å²) in [5.41, 5.74) is 5.01. The maximum absolute atomic E-state index is 12.4. The van der Waals surface area contributed by atoms with Crippen LogP contribution in [0, 0.1) is 5.92 Å². The molecule has 0 aromatic heterocycles. The second kappa shape index (κ2) is 7.83. The highest BCUT2D eigenvalue weighted by atomic mass is 16.6. The fourth-order valence-corrected chi connectivity index (χ4v) is 3.93. The number of hydrogen-bond donors (Lipinski definition) is 0. The third-order valence-electron chi connectivity index (χ3n) is 5.06. The summed E-state index contributed by atoms with van der Waals surface area (Å²) in [5.74, 6) is 0.0636. The van der Waals surface area contributed by atoms with E-state index in [9.17, 15) is 4.79 Å². The number of carbonyl (C=O) groups excluding carboxylic acids is 1. The minimum atomic E-state index is -0.433. The molecule has 4 heteroatoms. The summed E-state index contributed by atoms with van der Waals surface area (Å²) in [6.07, 6.45) is 2.48. The van der Waals surface area contributed by atoms with Gasteiger partial charge in [-0.1, -0.05) is 31.2 Å². The Morgan fingerprint density at radius 1 is 1.19 bits per heavy atom. The van der Waals surface area contributed by atoms with Crippen molar-refractivity contribution in [1.29, 1.82) is 0 Å². The first-order chi connectivity index (χ1) is 12.3. The Morgan fingerprint density at radius 2 is 1.88 bits per heavy atom. The second-order valence-electron chi connectivity index (χ2n) is 8.32. The van der Waals surface area contributed by atoms with Gasteiger partial charge < -0.3 is 14.4 Å². The molecule has 142 valence electrons. The van der Waals surface area contributed by atoms with Crippen LogP contribution in [-0.2, 0) is 20.7 Å². The van der Waals surface area contributed by atoms with E-state index in [4.69, 9.17) is 9.47 Å². The lowest BCUT2D eigenvalue weighted by Gasteiger charge is -2.37. The predicted molar refractivity (Wildman–Crippen MR) is 104 cm³/mol. The van der Waals surface area contributed by atoms with E-state index in [1.807, 2.05) is 20.8 Å². The monoisotopic (exact) mass is 357 g/mol. The lowest BCUT2D eigenvalue weighted by molar-refractivity contribution is -0.155. The van der Waals surface area contributed by atoms with Crippen LogP contribution in [0.15, 0.2) is 29.8 Å². The third-order valence-corrected chi connectivity index (χ3v) is 5.06. The van der Waals surface area contributed by atoms with Gasteiger partial charge in [-0.2, -0.15) is 0 Å². The molecule has 0 unspecified atom stereocenters. The van der Waals surface area contributed by atoms with Gasteiger partial charge in [-0.25, -0.2) is 0 Å². The Labute approximate surface area is 157 Å². The highest BCUT2D eigenvalue weighted by Gasteiger charge is 2.29. The molecule has 1 fully saturated rings. The largest absolute Gasteiger partial charge is 0.460 e. The molecule has 4 nitrogen and oxygen atoms in total. The van der Waals surface area contributed by atoms with Gasteiger partial charge in [-0.3, -0.25) is 4.79 Å². The molecule has 1 aromatic rings. The lowest BCUT2D eigenvalue weighted by Crippen LogP contribution is -2.37. The number of carbonyl (C=O) groups is 1. The summed E-state index contributed by atoms with van der Waals surface area (Å²) >= 11 is 0. The highest BCUT2D eigenvalue weighted by Crippen LogP contribution is 2.38. The average molecular weight is 357 g/mol. The molecule has 0 radical (unpaired) electrons. The standard InChI is InChI=1S/C22H31NO3/c1-16(15-20(24)26-22(2,3)4)18-10-9-17-7-5-6-8-19(17)21(18)23-11-13-25-14-12-23/h5-8,16H,9-15H2,1-4H3/t16-/m0/s1. The molecule has 0 amide bonds. The Bertz CT molecular complexity index is 681. The van der Waals surface area contributed by atoms with Crippen molar-refractivity contribution in [3.63, 3.8) is 0 Å². The van der Waals surface area contributed by atoms with Crippen LogP contribution in [0.3, 0.4) is 0 Å². The maximum Gasteiger partial charge on any atom is 0.306 e. The molecule has 0 spiro atoms. The fourth-order valence-electron chi connectivity index (χ4n) is 3.93. The van der Waals surface area contributed by atoms with Gasteiger partial charge in [0, 0.05) is 24.4 Å². The summed E-state index contributed by atoms with van der Waals surface area (Å²) in [6.45, 7) is 11.3. The van der Waals surface area contributed by atoms with Gasteiger partial charge in [0.1, 0.15) is 5.60 Å². The van der Waals surface area contributed by atoms with Crippen molar-refractivity contribution in [2.24, 2.45) is 5.92 Å². The summed E-state index contributed by atoms with van der Waals surface area (Å²) in [4.78, 5) is 14.8. The van der Waals surface area contributed by atoms with Crippen LogP contribution in [0.1, 0.15) is 51.7 Å². The molecule has 0 saturated carbocycles. The summed E-state index contributed by atoms with van der Waals surface area (Å²) < 4.78 is 11.1. The first-order valence-corrected chi connectivity index (χ1v) is 9.71. The van der Waals surface area contributed by atoms with Gasteiger partial charge in [-0.15, -0.1) is 0 Å². The van der Waals surface area contributed by atoms with Gasteiger partial charge >= 0.3 is 5.97 Å². The highest BCUT2D eigenvalue weighted by molar-refractivity contribution is 5.75. The van der Waals surface area contributed by atoms with Crippen LogP contribution in [0.4, 0.5) is 0 Å². The van der Waals surface area contributed by atoms with E-state index < -0.39 is 5.60 Å². The zero-order valence-corrected chi connectivity index (χ0v) is 16.5. The van der Waals surface area contributed by atoms with Gasteiger partial charge in [0.05, 0.1) is 19.6 Å². The summed E-state index contributed by atoms with van der Waals surface area (Å²) in [5, 5.41) is 0. The number of fused-ring (bicyclic) bond motifs is 1. The zero-order chi connectivity index (χ0) is 18.7. The molecule has 1 aliphatic carbocycles. The van der Waals surface area contributed by atoms with E-state index in [2.05, 4.69) is 36.1 Å². The van der Waals surface area contributed by atoms with Gasteiger partial charge in [0.15, 0.2) is 0 Å². The van der Waals surface area contributed by atoms with Crippen molar-refractivity contribution < 1.29 is 14.3 Å². The normalized spacial score (nSPS) is 19.2. The molecule has 2 aliphatic rings. The maximum atomic E-state index is 12.4. The molecule has 26 heavy (non-hydrogen) atoms. The van der Waals surface area contributed by atoms with Crippen molar-refractivity contribution in [3.05, 3.63) is 41.0 Å². The molecular weight excluding hydrogens is 326 g/mol. The van der Waals surface area contributed by atoms with Gasteiger partial charge in [0.25, 0.3) is 0 Å². The van der Waals surface area contributed by atoms with Crippen LogP contribution in [0.25, 0.3) is 5.70 Å². The number of esters is 1. The summed E-state index contributed by atoms with van der Waals surface area (Å²) in [6, 6.07) is 8.68. The van der Waals surface area contributed by atoms with Gasteiger partial charge in [-0.05, 0) is 50.7 Å². The topological polar surface area (TPSA) is 38.8 Å².